The monoisotopic (exact) mass is 209 g/mol. The molecule has 0 aliphatic rings. The zero-order valence-corrected chi connectivity index (χ0v) is 8.85. The number of benzene rings is 1. The van der Waals surface area contributed by atoms with Crippen molar-refractivity contribution in [3.8, 4) is 0 Å². The van der Waals surface area contributed by atoms with E-state index in [0.717, 1.165) is 0 Å². The standard InChI is InChI=1S/C11H12FNO2/c1-6-9(5-14)4-10(13-8(3)15)7(2)11(6)12/h4-5H,1-3H3,(H,13,15). The van der Waals surface area contributed by atoms with Crippen molar-refractivity contribution < 1.29 is 14.0 Å². The van der Waals surface area contributed by atoms with Gasteiger partial charge < -0.3 is 5.32 Å². The average molecular weight is 209 g/mol. The van der Waals surface area contributed by atoms with Crippen LogP contribution in [0.15, 0.2) is 6.07 Å². The van der Waals surface area contributed by atoms with Gasteiger partial charge in [-0.15, -0.1) is 0 Å². The van der Waals surface area contributed by atoms with E-state index in [9.17, 15) is 14.0 Å². The van der Waals surface area contributed by atoms with E-state index in [-0.39, 0.29) is 11.5 Å². The van der Waals surface area contributed by atoms with Crippen LogP contribution < -0.4 is 5.32 Å². The Labute approximate surface area is 87.3 Å². The minimum absolute atomic E-state index is 0.252. The number of halogens is 1. The molecule has 0 aromatic heterocycles. The molecular formula is C11H12FNO2. The Morgan fingerprint density at radius 2 is 2.00 bits per heavy atom. The minimum atomic E-state index is -0.455. The molecule has 0 bridgehead atoms. The molecule has 3 nitrogen and oxygen atoms in total. The summed E-state index contributed by atoms with van der Waals surface area (Å²) in [7, 11) is 0. The first kappa shape index (κ1) is 11.4. The van der Waals surface area contributed by atoms with Crippen LogP contribution in [0.5, 0.6) is 0 Å². The highest BCUT2D eigenvalue weighted by atomic mass is 19.1. The lowest BCUT2D eigenvalue weighted by atomic mass is 10.0. The van der Waals surface area contributed by atoms with Gasteiger partial charge in [0.25, 0.3) is 0 Å². The summed E-state index contributed by atoms with van der Waals surface area (Å²) in [5, 5.41) is 2.48. The number of carbonyl (C=O) groups is 2. The molecule has 0 saturated carbocycles. The third-order valence-corrected chi connectivity index (χ3v) is 2.23. The number of aldehydes is 1. The molecule has 80 valence electrons. The Balaban J connectivity index is 3.34. The smallest absolute Gasteiger partial charge is 0.221 e. The summed E-state index contributed by atoms with van der Waals surface area (Å²) in [4.78, 5) is 21.5. The summed E-state index contributed by atoms with van der Waals surface area (Å²) in [5.41, 5.74) is 1.24. The van der Waals surface area contributed by atoms with Crippen molar-refractivity contribution >= 4 is 17.9 Å². The molecule has 15 heavy (non-hydrogen) atoms. The fraction of sp³-hybridized carbons (Fsp3) is 0.273. The van der Waals surface area contributed by atoms with Crippen molar-refractivity contribution in [2.75, 3.05) is 5.32 Å². The summed E-state index contributed by atoms with van der Waals surface area (Å²) in [6.45, 7) is 4.42. The second-order valence-corrected chi connectivity index (χ2v) is 3.38. The molecule has 0 aliphatic heterocycles. The highest BCUT2D eigenvalue weighted by Crippen LogP contribution is 2.23. The van der Waals surface area contributed by atoms with Gasteiger partial charge in [0, 0.05) is 23.7 Å². The fourth-order valence-electron chi connectivity index (χ4n) is 1.34. The van der Waals surface area contributed by atoms with E-state index < -0.39 is 5.82 Å². The SMILES string of the molecule is CC(=O)Nc1cc(C=O)c(C)c(F)c1C. The lowest BCUT2D eigenvalue weighted by Crippen LogP contribution is -2.09. The Bertz CT molecular complexity index is 427. The molecule has 1 rings (SSSR count). The molecule has 0 aliphatic carbocycles. The van der Waals surface area contributed by atoms with Crippen LogP contribution in [0.2, 0.25) is 0 Å². The normalized spacial score (nSPS) is 9.87. The average Bonchev–Trinajstić information content (AvgIpc) is 2.18. The van der Waals surface area contributed by atoms with Gasteiger partial charge in [0.1, 0.15) is 12.1 Å². The number of carbonyl (C=O) groups excluding carboxylic acids is 2. The molecule has 0 saturated heterocycles. The first-order chi connectivity index (χ1) is 6.97. The third-order valence-electron chi connectivity index (χ3n) is 2.23. The molecule has 1 aromatic rings. The molecule has 0 heterocycles. The molecule has 0 unspecified atom stereocenters. The van der Waals surface area contributed by atoms with Crippen LogP contribution in [0.1, 0.15) is 28.4 Å². The largest absolute Gasteiger partial charge is 0.326 e. The van der Waals surface area contributed by atoms with Gasteiger partial charge in [0.05, 0.1) is 0 Å². The summed E-state index contributed by atoms with van der Waals surface area (Å²) < 4.78 is 13.6. The van der Waals surface area contributed by atoms with E-state index in [1.165, 1.54) is 19.9 Å². The molecule has 0 atom stereocenters. The maximum atomic E-state index is 13.6. The first-order valence-corrected chi connectivity index (χ1v) is 4.49. The molecule has 0 spiro atoms. The topological polar surface area (TPSA) is 46.2 Å². The van der Waals surface area contributed by atoms with Crippen LogP contribution in [0.3, 0.4) is 0 Å². The van der Waals surface area contributed by atoms with Crippen LogP contribution in [-0.2, 0) is 4.79 Å². The quantitative estimate of drug-likeness (QED) is 0.759. The molecule has 1 N–H and O–H groups in total. The lowest BCUT2D eigenvalue weighted by Gasteiger charge is -2.11. The maximum absolute atomic E-state index is 13.6. The zero-order chi connectivity index (χ0) is 11.6. The minimum Gasteiger partial charge on any atom is -0.326 e. The van der Waals surface area contributed by atoms with Gasteiger partial charge in [-0.25, -0.2) is 4.39 Å². The van der Waals surface area contributed by atoms with E-state index >= 15 is 0 Å². The van der Waals surface area contributed by atoms with Gasteiger partial charge in [-0.05, 0) is 25.5 Å². The van der Waals surface area contributed by atoms with E-state index in [0.29, 0.717) is 23.1 Å². The predicted molar refractivity (Wildman–Crippen MR) is 55.6 cm³/mol. The van der Waals surface area contributed by atoms with Crippen LogP contribution in [0.25, 0.3) is 0 Å². The fourth-order valence-corrected chi connectivity index (χ4v) is 1.34. The number of hydrogen-bond donors (Lipinski definition) is 1. The number of amides is 1. The Morgan fingerprint density at radius 1 is 1.40 bits per heavy atom. The Kier molecular flexibility index (Phi) is 3.19. The van der Waals surface area contributed by atoms with Crippen molar-refractivity contribution in [2.45, 2.75) is 20.8 Å². The molecule has 0 fully saturated rings. The van der Waals surface area contributed by atoms with Gasteiger partial charge >= 0.3 is 0 Å². The first-order valence-electron chi connectivity index (χ1n) is 4.49. The van der Waals surface area contributed by atoms with Crippen LogP contribution >= 0.6 is 0 Å². The summed E-state index contributed by atoms with van der Waals surface area (Å²) in [6.07, 6.45) is 0.573. The lowest BCUT2D eigenvalue weighted by molar-refractivity contribution is -0.114. The summed E-state index contributed by atoms with van der Waals surface area (Å²) in [6, 6.07) is 1.47. The predicted octanol–water partition coefficient (Wildman–Crippen LogP) is 2.21. The Hall–Kier alpha value is -1.71. The van der Waals surface area contributed by atoms with E-state index in [1.54, 1.807) is 6.92 Å². The van der Waals surface area contributed by atoms with Crippen molar-refractivity contribution in [3.63, 3.8) is 0 Å². The van der Waals surface area contributed by atoms with Crippen LogP contribution in [0.4, 0.5) is 10.1 Å². The number of nitrogens with one attached hydrogen (secondary N) is 1. The van der Waals surface area contributed by atoms with Crippen molar-refractivity contribution in [1.29, 1.82) is 0 Å². The van der Waals surface area contributed by atoms with Crippen LogP contribution in [-0.4, -0.2) is 12.2 Å². The maximum Gasteiger partial charge on any atom is 0.221 e. The second-order valence-electron chi connectivity index (χ2n) is 3.38. The van der Waals surface area contributed by atoms with Crippen molar-refractivity contribution in [1.82, 2.24) is 0 Å². The molecule has 1 amide bonds. The van der Waals surface area contributed by atoms with E-state index in [2.05, 4.69) is 5.32 Å². The van der Waals surface area contributed by atoms with Gasteiger partial charge in [0.2, 0.25) is 5.91 Å². The highest BCUT2D eigenvalue weighted by Gasteiger charge is 2.12. The zero-order valence-electron chi connectivity index (χ0n) is 8.85. The number of hydrogen-bond acceptors (Lipinski definition) is 2. The highest BCUT2D eigenvalue weighted by molar-refractivity contribution is 5.91. The molecule has 4 heteroatoms. The van der Waals surface area contributed by atoms with Gasteiger partial charge in [0.15, 0.2) is 0 Å². The molecule has 1 aromatic carbocycles. The molecule has 0 radical (unpaired) electrons. The van der Waals surface area contributed by atoms with Gasteiger partial charge in [-0.2, -0.15) is 0 Å². The second kappa shape index (κ2) is 4.21. The number of anilines is 1. The van der Waals surface area contributed by atoms with Crippen molar-refractivity contribution in [2.24, 2.45) is 0 Å². The van der Waals surface area contributed by atoms with E-state index in [1.807, 2.05) is 0 Å². The third kappa shape index (κ3) is 2.21. The van der Waals surface area contributed by atoms with Gasteiger partial charge in [-0.3, -0.25) is 9.59 Å². The number of rotatable bonds is 2. The van der Waals surface area contributed by atoms with Crippen molar-refractivity contribution in [3.05, 3.63) is 28.6 Å². The summed E-state index contributed by atoms with van der Waals surface area (Å²) in [5.74, 6) is -0.749. The molecular weight excluding hydrogens is 197 g/mol. The van der Waals surface area contributed by atoms with E-state index in [4.69, 9.17) is 0 Å². The van der Waals surface area contributed by atoms with Gasteiger partial charge in [-0.1, -0.05) is 0 Å². The Morgan fingerprint density at radius 3 is 2.47 bits per heavy atom. The summed E-state index contributed by atoms with van der Waals surface area (Å²) >= 11 is 0. The van der Waals surface area contributed by atoms with Crippen LogP contribution in [0, 0.1) is 19.7 Å².